The number of nitrogens with zero attached hydrogens (tertiary/aromatic N) is 2. The SMILES string of the molecule is CCOC(=O)c1ccc(NC(=O)N(CCCOC)Cc2cccn2Cc2cccc(C(F)(F)F)c2)cc1. The van der Waals surface area contributed by atoms with E-state index in [-0.39, 0.29) is 25.7 Å². The van der Waals surface area contributed by atoms with Crippen LogP contribution in [0.5, 0.6) is 0 Å². The van der Waals surface area contributed by atoms with Crippen LogP contribution in [-0.2, 0) is 28.7 Å². The van der Waals surface area contributed by atoms with Crippen LogP contribution in [0.4, 0.5) is 23.7 Å². The van der Waals surface area contributed by atoms with Crippen LogP contribution in [0.2, 0.25) is 0 Å². The van der Waals surface area contributed by atoms with Gasteiger partial charge in [0.1, 0.15) is 0 Å². The third-order valence-electron chi connectivity index (χ3n) is 5.59. The summed E-state index contributed by atoms with van der Waals surface area (Å²) >= 11 is 0. The van der Waals surface area contributed by atoms with Crippen LogP contribution in [0.3, 0.4) is 0 Å². The molecule has 0 radical (unpaired) electrons. The molecule has 2 aromatic carbocycles. The van der Waals surface area contributed by atoms with Gasteiger partial charge in [-0.05, 0) is 67.4 Å². The van der Waals surface area contributed by atoms with Gasteiger partial charge in [-0.1, -0.05) is 12.1 Å². The number of carbonyl (C=O) groups excluding carboxylic acids is 2. The summed E-state index contributed by atoms with van der Waals surface area (Å²) in [6.07, 6.45) is -2.05. The summed E-state index contributed by atoms with van der Waals surface area (Å²) in [6, 6.07) is 14.9. The zero-order chi connectivity index (χ0) is 26.8. The van der Waals surface area contributed by atoms with E-state index in [4.69, 9.17) is 9.47 Å². The molecule has 0 bridgehead atoms. The number of esters is 1. The number of anilines is 1. The molecule has 1 heterocycles. The van der Waals surface area contributed by atoms with Gasteiger partial charge in [0.2, 0.25) is 0 Å². The molecule has 0 spiro atoms. The standard InChI is InChI=1S/C27H30F3N3O4/c1-3-37-25(34)21-10-12-23(13-11-21)31-26(35)33(15-6-16-36-2)19-24-9-5-14-32(24)18-20-7-4-8-22(17-20)27(28,29)30/h4-5,7-14,17H,3,6,15-16,18-19H2,1-2H3,(H,31,35). The summed E-state index contributed by atoms with van der Waals surface area (Å²) < 4.78 is 51.3. The minimum absolute atomic E-state index is 0.231. The van der Waals surface area contributed by atoms with E-state index < -0.39 is 17.7 Å². The average Bonchev–Trinajstić information content (AvgIpc) is 3.30. The maximum absolute atomic E-state index is 13.1. The number of carbonyl (C=O) groups is 2. The average molecular weight is 518 g/mol. The van der Waals surface area contributed by atoms with Crippen molar-refractivity contribution in [3.05, 3.63) is 89.2 Å². The van der Waals surface area contributed by atoms with Crippen molar-refractivity contribution in [1.29, 1.82) is 0 Å². The van der Waals surface area contributed by atoms with Gasteiger partial charge in [0.05, 0.1) is 24.3 Å². The highest BCUT2D eigenvalue weighted by molar-refractivity contribution is 5.92. The molecule has 0 aliphatic rings. The molecule has 198 valence electrons. The molecule has 0 saturated heterocycles. The van der Waals surface area contributed by atoms with E-state index in [1.165, 1.54) is 6.07 Å². The molecule has 10 heteroatoms. The third-order valence-corrected chi connectivity index (χ3v) is 5.59. The lowest BCUT2D eigenvalue weighted by Crippen LogP contribution is -2.36. The molecule has 0 saturated carbocycles. The number of benzene rings is 2. The highest BCUT2D eigenvalue weighted by Gasteiger charge is 2.30. The van der Waals surface area contributed by atoms with Crippen LogP contribution in [-0.4, -0.2) is 48.3 Å². The Bertz CT molecular complexity index is 1180. The number of methoxy groups -OCH3 is 1. The summed E-state index contributed by atoms with van der Waals surface area (Å²) in [5.74, 6) is -0.442. The summed E-state index contributed by atoms with van der Waals surface area (Å²) in [4.78, 5) is 26.6. The molecular weight excluding hydrogens is 487 g/mol. The molecule has 0 aliphatic heterocycles. The van der Waals surface area contributed by atoms with E-state index in [1.807, 2.05) is 10.6 Å². The van der Waals surface area contributed by atoms with Crippen molar-refractivity contribution in [2.45, 2.75) is 32.6 Å². The highest BCUT2D eigenvalue weighted by atomic mass is 19.4. The Morgan fingerprint density at radius 1 is 1.05 bits per heavy atom. The number of urea groups is 1. The summed E-state index contributed by atoms with van der Waals surface area (Å²) in [7, 11) is 1.58. The largest absolute Gasteiger partial charge is 0.462 e. The molecule has 0 aliphatic carbocycles. The number of rotatable bonds is 11. The molecule has 1 N–H and O–H groups in total. The maximum Gasteiger partial charge on any atom is 0.416 e. The molecule has 2 amide bonds. The molecule has 3 rings (SSSR count). The van der Waals surface area contributed by atoms with E-state index >= 15 is 0 Å². The number of hydrogen-bond acceptors (Lipinski definition) is 4. The fraction of sp³-hybridized carbons (Fsp3) is 0.333. The molecule has 0 unspecified atom stereocenters. The number of halogens is 3. The van der Waals surface area contributed by atoms with Gasteiger partial charge >= 0.3 is 18.2 Å². The topological polar surface area (TPSA) is 72.8 Å². The number of ether oxygens (including phenoxy) is 2. The molecular formula is C27H30F3N3O4. The summed E-state index contributed by atoms with van der Waals surface area (Å²) in [5, 5.41) is 2.83. The fourth-order valence-electron chi connectivity index (χ4n) is 3.74. The Morgan fingerprint density at radius 3 is 2.49 bits per heavy atom. The van der Waals surface area contributed by atoms with Crippen molar-refractivity contribution >= 4 is 17.7 Å². The first-order valence-electron chi connectivity index (χ1n) is 11.8. The Labute approximate surface area is 213 Å². The Kier molecular flexibility index (Phi) is 9.73. The number of alkyl halides is 3. The predicted molar refractivity (Wildman–Crippen MR) is 133 cm³/mol. The number of amides is 2. The molecule has 37 heavy (non-hydrogen) atoms. The van der Waals surface area contributed by atoms with Gasteiger partial charge in [-0.2, -0.15) is 13.2 Å². The van der Waals surface area contributed by atoms with Crippen molar-refractivity contribution in [2.75, 3.05) is 32.2 Å². The first-order chi connectivity index (χ1) is 17.7. The van der Waals surface area contributed by atoms with E-state index in [1.54, 1.807) is 61.5 Å². The molecule has 0 atom stereocenters. The Hall–Kier alpha value is -3.79. The van der Waals surface area contributed by atoms with E-state index in [9.17, 15) is 22.8 Å². The maximum atomic E-state index is 13.1. The second-order valence-corrected chi connectivity index (χ2v) is 8.32. The number of hydrogen-bond donors (Lipinski definition) is 1. The monoisotopic (exact) mass is 517 g/mol. The van der Waals surface area contributed by atoms with Crippen LogP contribution in [0.15, 0.2) is 66.9 Å². The second-order valence-electron chi connectivity index (χ2n) is 8.32. The minimum atomic E-state index is -4.42. The Morgan fingerprint density at radius 2 is 1.81 bits per heavy atom. The molecule has 0 fully saturated rings. The lowest BCUT2D eigenvalue weighted by molar-refractivity contribution is -0.137. The van der Waals surface area contributed by atoms with Gasteiger partial charge in [-0.25, -0.2) is 9.59 Å². The molecule has 7 nitrogen and oxygen atoms in total. The minimum Gasteiger partial charge on any atom is -0.462 e. The second kappa shape index (κ2) is 13.0. The normalized spacial score (nSPS) is 11.3. The summed E-state index contributed by atoms with van der Waals surface area (Å²) in [6.45, 7) is 3.32. The zero-order valence-electron chi connectivity index (χ0n) is 20.8. The van der Waals surface area contributed by atoms with E-state index in [0.29, 0.717) is 36.4 Å². The first-order valence-corrected chi connectivity index (χ1v) is 11.8. The van der Waals surface area contributed by atoms with Crippen LogP contribution >= 0.6 is 0 Å². The fourth-order valence-corrected chi connectivity index (χ4v) is 3.74. The zero-order valence-corrected chi connectivity index (χ0v) is 20.8. The molecule has 3 aromatic rings. The lowest BCUT2D eigenvalue weighted by atomic mass is 10.1. The van der Waals surface area contributed by atoms with Gasteiger partial charge in [0, 0.05) is 44.4 Å². The van der Waals surface area contributed by atoms with Gasteiger partial charge < -0.3 is 24.3 Å². The quantitative estimate of drug-likeness (QED) is 0.258. The van der Waals surface area contributed by atoms with Gasteiger partial charge in [-0.3, -0.25) is 0 Å². The van der Waals surface area contributed by atoms with Crippen LogP contribution in [0.25, 0.3) is 0 Å². The van der Waals surface area contributed by atoms with Crippen LogP contribution in [0.1, 0.15) is 40.5 Å². The first kappa shape index (κ1) is 27.8. The van der Waals surface area contributed by atoms with Crippen molar-refractivity contribution in [1.82, 2.24) is 9.47 Å². The van der Waals surface area contributed by atoms with Crippen molar-refractivity contribution < 1.29 is 32.2 Å². The highest BCUT2D eigenvalue weighted by Crippen LogP contribution is 2.29. The number of aromatic nitrogens is 1. The molecule has 1 aromatic heterocycles. The van der Waals surface area contributed by atoms with Gasteiger partial charge in [0.25, 0.3) is 0 Å². The third kappa shape index (κ3) is 8.11. The predicted octanol–water partition coefficient (Wildman–Crippen LogP) is 5.80. The van der Waals surface area contributed by atoms with Crippen molar-refractivity contribution in [2.24, 2.45) is 0 Å². The Balaban J connectivity index is 1.73. The van der Waals surface area contributed by atoms with Crippen LogP contribution in [0, 0.1) is 0 Å². The van der Waals surface area contributed by atoms with Gasteiger partial charge in [0.15, 0.2) is 0 Å². The summed E-state index contributed by atoms with van der Waals surface area (Å²) in [5.41, 5.74) is 1.46. The van der Waals surface area contributed by atoms with E-state index in [2.05, 4.69) is 5.32 Å². The smallest absolute Gasteiger partial charge is 0.416 e. The van der Waals surface area contributed by atoms with Crippen molar-refractivity contribution in [3.63, 3.8) is 0 Å². The van der Waals surface area contributed by atoms with E-state index in [0.717, 1.165) is 17.8 Å². The lowest BCUT2D eigenvalue weighted by Gasteiger charge is -2.24. The van der Waals surface area contributed by atoms with Crippen molar-refractivity contribution in [3.8, 4) is 0 Å². The number of nitrogens with one attached hydrogen (secondary N) is 1. The van der Waals surface area contributed by atoms with Gasteiger partial charge in [-0.15, -0.1) is 0 Å². The van der Waals surface area contributed by atoms with Crippen LogP contribution < -0.4 is 5.32 Å².